The van der Waals surface area contributed by atoms with Gasteiger partial charge in [-0.15, -0.1) is 34.2 Å². The lowest BCUT2D eigenvalue weighted by molar-refractivity contribution is 0.0132. The molecule has 0 saturated carbocycles. The SMILES string of the molecule is CN=C(NCCCCn1cnnc1)NCC(CC(C)C)N1CCOCC1.I. The van der Waals surface area contributed by atoms with Crippen molar-refractivity contribution in [3.05, 3.63) is 12.7 Å². The lowest BCUT2D eigenvalue weighted by Crippen LogP contribution is -2.51. The van der Waals surface area contributed by atoms with Crippen molar-refractivity contribution in [2.45, 2.75) is 45.7 Å². The smallest absolute Gasteiger partial charge is 0.191 e. The Morgan fingerprint density at radius 1 is 1.15 bits per heavy atom. The number of nitrogens with zero attached hydrogens (tertiary/aromatic N) is 5. The van der Waals surface area contributed by atoms with Gasteiger partial charge in [-0.3, -0.25) is 9.89 Å². The second kappa shape index (κ2) is 14.1. The Morgan fingerprint density at radius 3 is 2.48 bits per heavy atom. The molecule has 0 bridgehead atoms. The standard InChI is InChI=1S/C18H35N7O.HI/c1-16(2)12-17(25-8-10-26-11-9-25)13-21-18(19-3)20-6-4-5-7-24-14-22-23-15-24;/h14-17H,4-13H2,1-3H3,(H2,19,20,21);1H. The van der Waals surface area contributed by atoms with Gasteiger partial charge < -0.3 is 19.9 Å². The summed E-state index contributed by atoms with van der Waals surface area (Å²) in [7, 11) is 1.83. The fourth-order valence-electron chi connectivity index (χ4n) is 3.25. The molecule has 1 saturated heterocycles. The number of ether oxygens (including phenoxy) is 1. The summed E-state index contributed by atoms with van der Waals surface area (Å²) in [5.41, 5.74) is 0. The first-order chi connectivity index (χ1) is 12.7. The highest BCUT2D eigenvalue weighted by Gasteiger charge is 2.22. The van der Waals surface area contributed by atoms with Crippen molar-refractivity contribution < 1.29 is 4.74 Å². The molecule has 156 valence electrons. The normalized spacial score (nSPS) is 16.8. The molecule has 2 heterocycles. The molecule has 27 heavy (non-hydrogen) atoms. The van der Waals surface area contributed by atoms with Crippen LogP contribution in [0.1, 0.15) is 33.1 Å². The molecule has 0 aromatic carbocycles. The maximum atomic E-state index is 5.50. The molecule has 1 unspecified atom stereocenters. The van der Waals surface area contributed by atoms with E-state index in [0.29, 0.717) is 12.0 Å². The zero-order valence-electron chi connectivity index (χ0n) is 16.9. The number of halogens is 1. The van der Waals surface area contributed by atoms with Gasteiger partial charge in [0.25, 0.3) is 0 Å². The van der Waals surface area contributed by atoms with Crippen molar-refractivity contribution >= 4 is 29.9 Å². The minimum absolute atomic E-state index is 0. The number of aryl methyl sites for hydroxylation is 1. The van der Waals surface area contributed by atoms with E-state index in [1.54, 1.807) is 12.7 Å². The Kier molecular flexibility index (Phi) is 12.6. The lowest BCUT2D eigenvalue weighted by Gasteiger charge is -2.35. The van der Waals surface area contributed by atoms with Crippen LogP contribution in [0.3, 0.4) is 0 Å². The van der Waals surface area contributed by atoms with E-state index in [2.05, 4.69) is 44.6 Å². The van der Waals surface area contributed by atoms with Crippen LogP contribution in [0.15, 0.2) is 17.6 Å². The number of rotatable bonds is 10. The zero-order chi connectivity index (χ0) is 18.6. The van der Waals surface area contributed by atoms with Crippen LogP contribution in [0.25, 0.3) is 0 Å². The molecule has 1 aromatic heterocycles. The molecule has 0 amide bonds. The van der Waals surface area contributed by atoms with E-state index in [-0.39, 0.29) is 24.0 Å². The van der Waals surface area contributed by atoms with Crippen molar-refractivity contribution in [3.63, 3.8) is 0 Å². The highest BCUT2D eigenvalue weighted by molar-refractivity contribution is 14.0. The molecular weight excluding hydrogens is 457 g/mol. The van der Waals surface area contributed by atoms with Gasteiger partial charge in [-0.25, -0.2) is 0 Å². The van der Waals surface area contributed by atoms with Crippen LogP contribution in [0, 0.1) is 5.92 Å². The van der Waals surface area contributed by atoms with Gasteiger partial charge >= 0.3 is 0 Å². The van der Waals surface area contributed by atoms with Gasteiger partial charge in [-0.05, 0) is 25.2 Å². The Balaban J connectivity index is 0.00000364. The van der Waals surface area contributed by atoms with E-state index in [9.17, 15) is 0 Å². The van der Waals surface area contributed by atoms with Crippen LogP contribution in [-0.4, -0.2) is 78.1 Å². The first-order valence-electron chi connectivity index (χ1n) is 9.77. The van der Waals surface area contributed by atoms with Crippen molar-refractivity contribution in [3.8, 4) is 0 Å². The fourth-order valence-corrected chi connectivity index (χ4v) is 3.25. The van der Waals surface area contributed by atoms with Gasteiger partial charge in [0.15, 0.2) is 5.96 Å². The maximum absolute atomic E-state index is 5.50. The van der Waals surface area contributed by atoms with E-state index in [1.165, 1.54) is 6.42 Å². The van der Waals surface area contributed by atoms with Crippen LogP contribution in [0.5, 0.6) is 0 Å². The van der Waals surface area contributed by atoms with Crippen LogP contribution >= 0.6 is 24.0 Å². The Hall–Kier alpha value is -0.940. The summed E-state index contributed by atoms with van der Waals surface area (Å²) in [6.07, 6.45) is 6.87. The van der Waals surface area contributed by atoms with Gasteiger partial charge in [-0.1, -0.05) is 13.8 Å². The number of hydrogen-bond donors (Lipinski definition) is 2. The first kappa shape index (κ1) is 24.1. The Labute approximate surface area is 180 Å². The van der Waals surface area contributed by atoms with Gasteiger partial charge in [-0.2, -0.15) is 0 Å². The average Bonchev–Trinajstić information content (AvgIpc) is 3.16. The van der Waals surface area contributed by atoms with Crippen LogP contribution in [0.4, 0.5) is 0 Å². The molecule has 1 aromatic rings. The van der Waals surface area contributed by atoms with Crippen molar-refractivity contribution in [2.75, 3.05) is 46.4 Å². The minimum Gasteiger partial charge on any atom is -0.379 e. The molecule has 0 aliphatic carbocycles. The molecule has 2 N–H and O–H groups in total. The number of nitrogens with one attached hydrogen (secondary N) is 2. The summed E-state index contributed by atoms with van der Waals surface area (Å²) in [5, 5.41) is 14.6. The number of aromatic nitrogens is 3. The monoisotopic (exact) mass is 493 g/mol. The summed E-state index contributed by atoms with van der Waals surface area (Å²) < 4.78 is 7.50. The molecule has 1 fully saturated rings. The molecule has 1 aliphatic rings. The number of unbranched alkanes of at least 4 members (excludes halogenated alkanes) is 1. The third kappa shape index (κ3) is 9.70. The number of guanidine groups is 1. The summed E-state index contributed by atoms with van der Waals surface area (Å²) in [6, 6.07) is 0.520. The second-order valence-corrected chi connectivity index (χ2v) is 7.22. The molecule has 0 radical (unpaired) electrons. The number of hydrogen-bond acceptors (Lipinski definition) is 5. The molecule has 0 spiro atoms. The number of morpholine rings is 1. The summed E-state index contributed by atoms with van der Waals surface area (Å²) >= 11 is 0. The topological polar surface area (TPSA) is 79.6 Å². The van der Waals surface area contributed by atoms with Crippen molar-refractivity contribution in [2.24, 2.45) is 10.9 Å². The van der Waals surface area contributed by atoms with Crippen LogP contribution < -0.4 is 10.6 Å². The number of aliphatic imine (C=N–C) groups is 1. The predicted molar refractivity (Wildman–Crippen MR) is 120 cm³/mol. The van der Waals surface area contributed by atoms with E-state index in [0.717, 1.165) is 64.7 Å². The summed E-state index contributed by atoms with van der Waals surface area (Å²) in [6.45, 7) is 11.1. The summed E-state index contributed by atoms with van der Waals surface area (Å²) in [4.78, 5) is 6.90. The third-order valence-electron chi connectivity index (χ3n) is 4.64. The van der Waals surface area contributed by atoms with Crippen molar-refractivity contribution in [1.82, 2.24) is 30.3 Å². The van der Waals surface area contributed by atoms with Crippen LogP contribution in [0.2, 0.25) is 0 Å². The first-order valence-corrected chi connectivity index (χ1v) is 9.77. The molecule has 8 nitrogen and oxygen atoms in total. The van der Waals surface area contributed by atoms with Crippen molar-refractivity contribution in [1.29, 1.82) is 0 Å². The highest BCUT2D eigenvalue weighted by Crippen LogP contribution is 2.12. The molecule has 2 rings (SSSR count). The highest BCUT2D eigenvalue weighted by atomic mass is 127. The largest absolute Gasteiger partial charge is 0.379 e. The van der Waals surface area contributed by atoms with Crippen LogP contribution in [-0.2, 0) is 11.3 Å². The second-order valence-electron chi connectivity index (χ2n) is 7.22. The van der Waals surface area contributed by atoms with E-state index < -0.39 is 0 Å². The van der Waals surface area contributed by atoms with Gasteiger partial charge in [0.1, 0.15) is 12.7 Å². The fraction of sp³-hybridized carbons (Fsp3) is 0.833. The molecule has 1 atom stereocenters. The molecular formula is C18H36IN7O. The van der Waals surface area contributed by atoms with E-state index in [1.807, 2.05) is 11.6 Å². The average molecular weight is 493 g/mol. The zero-order valence-corrected chi connectivity index (χ0v) is 19.3. The van der Waals surface area contributed by atoms with Gasteiger partial charge in [0.05, 0.1) is 13.2 Å². The quantitative estimate of drug-likeness (QED) is 0.223. The van der Waals surface area contributed by atoms with Gasteiger partial charge in [0, 0.05) is 45.8 Å². The Morgan fingerprint density at radius 2 is 1.85 bits per heavy atom. The predicted octanol–water partition coefficient (Wildman–Crippen LogP) is 1.59. The molecule has 9 heteroatoms. The third-order valence-corrected chi connectivity index (χ3v) is 4.64. The van der Waals surface area contributed by atoms with Gasteiger partial charge in [0.2, 0.25) is 0 Å². The molecule has 1 aliphatic heterocycles. The maximum Gasteiger partial charge on any atom is 0.191 e. The lowest BCUT2D eigenvalue weighted by atomic mass is 10.0. The van der Waals surface area contributed by atoms with E-state index >= 15 is 0 Å². The summed E-state index contributed by atoms with van der Waals surface area (Å²) in [5.74, 6) is 1.56. The van der Waals surface area contributed by atoms with E-state index in [4.69, 9.17) is 4.74 Å². The Bertz CT molecular complexity index is 504. The minimum atomic E-state index is 0.